The normalized spacial score (nSPS) is 14.8. The first-order chi connectivity index (χ1) is 23.7. The average Bonchev–Trinajstić information content (AvgIpc) is 3.10. The molecule has 0 aromatic heterocycles. The van der Waals surface area contributed by atoms with Crippen LogP contribution in [0.4, 0.5) is 0 Å². The molecule has 1 aliphatic heterocycles. The molecule has 0 saturated carbocycles. The van der Waals surface area contributed by atoms with Crippen LogP contribution in [0, 0.1) is 0 Å². The Balaban J connectivity index is 1.61. The Bertz CT molecular complexity index is 694. The predicted octanol–water partition coefficient (Wildman–Crippen LogP) is 1.83. The van der Waals surface area contributed by atoms with Crippen molar-refractivity contribution < 1.29 is 71.1 Å². The second-order valence-corrected chi connectivity index (χ2v) is 10.3. The minimum atomic E-state index is -0.413. The standard InChI is InChI=1S/C33H62O15/c1-31(2)33(34)48-30-28-45-26-24-43-22-20-41-18-16-39-14-12-37-10-8-35-7-9-36-11-13-38-15-17-40-19-21-42-23-25-44-27-29-47-32-5-3-4-6-46-32/h32H,1,3-30H2,2H3. The first kappa shape index (κ1) is 44.7. The first-order valence-electron chi connectivity index (χ1n) is 17.1. The number of carbonyl (C=O) groups excluding carboxylic acids is 1. The van der Waals surface area contributed by atoms with E-state index in [0.717, 1.165) is 25.9 Å². The smallest absolute Gasteiger partial charge is 0.333 e. The third-order valence-corrected chi connectivity index (χ3v) is 6.20. The molecular weight excluding hydrogens is 636 g/mol. The van der Waals surface area contributed by atoms with Crippen LogP contribution in [0.15, 0.2) is 12.2 Å². The highest BCUT2D eigenvalue weighted by molar-refractivity contribution is 5.86. The molecule has 15 nitrogen and oxygen atoms in total. The number of esters is 1. The van der Waals surface area contributed by atoms with Gasteiger partial charge in [0.25, 0.3) is 0 Å². The third-order valence-electron chi connectivity index (χ3n) is 6.20. The van der Waals surface area contributed by atoms with Gasteiger partial charge in [0.05, 0.1) is 152 Å². The van der Waals surface area contributed by atoms with Crippen molar-refractivity contribution in [1.29, 1.82) is 0 Å². The van der Waals surface area contributed by atoms with Gasteiger partial charge < -0.3 is 66.3 Å². The Morgan fingerprint density at radius 1 is 0.479 bits per heavy atom. The molecule has 0 aromatic carbocycles. The SMILES string of the molecule is C=C(C)C(=O)OCCOCCOCCOCCOCCOCCOCCOCCOCCOCCOCCOCCOC1CCCCO1. The molecule has 0 aliphatic carbocycles. The van der Waals surface area contributed by atoms with Gasteiger partial charge >= 0.3 is 5.97 Å². The van der Waals surface area contributed by atoms with E-state index in [0.29, 0.717) is 158 Å². The first-order valence-corrected chi connectivity index (χ1v) is 17.1. The zero-order valence-corrected chi connectivity index (χ0v) is 29.2. The van der Waals surface area contributed by atoms with E-state index in [-0.39, 0.29) is 12.9 Å². The van der Waals surface area contributed by atoms with Crippen LogP contribution in [0.1, 0.15) is 26.2 Å². The van der Waals surface area contributed by atoms with E-state index in [1.165, 1.54) is 0 Å². The van der Waals surface area contributed by atoms with Crippen LogP contribution in [-0.2, 0) is 71.1 Å². The van der Waals surface area contributed by atoms with Gasteiger partial charge in [0.1, 0.15) is 6.61 Å². The van der Waals surface area contributed by atoms with Gasteiger partial charge in [-0.25, -0.2) is 4.79 Å². The molecule has 1 fully saturated rings. The van der Waals surface area contributed by atoms with Crippen molar-refractivity contribution >= 4 is 5.97 Å². The molecule has 1 rings (SSSR count). The molecule has 284 valence electrons. The van der Waals surface area contributed by atoms with E-state index in [9.17, 15) is 4.79 Å². The Kier molecular flexibility index (Phi) is 34.4. The summed E-state index contributed by atoms with van der Waals surface area (Å²) in [5.41, 5.74) is 0.369. The van der Waals surface area contributed by atoms with Crippen molar-refractivity contribution in [3.8, 4) is 0 Å². The number of hydrogen-bond acceptors (Lipinski definition) is 15. The van der Waals surface area contributed by atoms with Gasteiger partial charge in [-0.1, -0.05) is 6.58 Å². The second-order valence-electron chi connectivity index (χ2n) is 10.3. The van der Waals surface area contributed by atoms with Gasteiger partial charge in [0, 0.05) is 12.2 Å². The van der Waals surface area contributed by atoms with Crippen LogP contribution in [0.25, 0.3) is 0 Å². The zero-order valence-electron chi connectivity index (χ0n) is 29.2. The van der Waals surface area contributed by atoms with Crippen molar-refractivity contribution in [2.24, 2.45) is 0 Å². The van der Waals surface area contributed by atoms with E-state index < -0.39 is 5.97 Å². The largest absolute Gasteiger partial charge is 0.460 e. The molecule has 0 aromatic rings. The van der Waals surface area contributed by atoms with Crippen molar-refractivity contribution in [2.75, 3.05) is 165 Å². The Hall–Kier alpha value is -1.31. The third kappa shape index (κ3) is 33.2. The molecule has 15 heteroatoms. The fourth-order valence-corrected chi connectivity index (χ4v) is 3.70. The molecule has 1 heterocycles. The topological polar surface area (TPSA) is 146 Å². The molecular formula is C33H62O15. The maximum Gasteiger partial charge on any atom is 0.333 e. The molecule has 1 unspecified atom stereocenters. The molecule has 0 N–H and O–H groups in total. The van der Waals surface area contributed by atoms with Crippen molar-refractivity contribution in [2.45, 2.75) is 32.5 Å². The molecule has 0 spiro atoms. The minimum Gasteiger partial charge on any atom is -0.460 e. The van der Waals surface area contributed by atoms with Gasteiger partial charge in [0.2, 0.25) is 0 Å². The summed E-state index contributed by atoms with van der Waals surface area (Å²) in [6.45, 7) is 17.4. The van der Waals surface area contributed by atoms with Crippen LogP contribution in [0.5, 0.6) is 0 Å². The van der Waals surface area contributed by atoms with Crippen LogP contribution >= 0.6 is 0 Å². The summed E-state index contributed by atoms with van der Waals surface area (Å²) < 4.78 is 76.0. The van der Waals surface area contributed by atoms with Gasteiger partial charge in [-0.15, -0.1) is 0 Å². The minimum absolute atomic E-state index is 0.0700. The highest BCUT2D eigenvalue weighted by atomic mass is 16.7. The fourth-order valence-electron chi connectivity index (χ4n) is 3.70. The molecule has 1 atom stereocenters. The maximum absolute atomic E-state index is 11.2. The summed E-state index contributed by atoms with van der Waals surface area (Å²) in [5, 5.41) is 0. The van der Waals surface area contributed by atoms with Crippen molar-refractivity contribution in [3.05, 3.63) is 12.2 Å². The van der Waals surface area contributed by atoms with Crippen LogP contribution < -0.4 is 0 Å². The summed E-state index contributed by atoms with van der Waals surface area (Å²) in [4.78, 5) is 11.2. The monoisotopic (exact) mass is 698 g/mol. The van der Waals surface area contributed by atoms with Crippen LogP contribution in [0.2, 0.25) is 0 Å². The van der Waals surface area contributed by atoms with Gasteiger partial charge in [-0.05, 0) is 26.2 Å². The lowest BCUT2D eigenvalue weighted by Gasteiger charge is -2.22. The van der Waals surface area contributed by atoms with Gasteiger partial charge in [0.15, 0.2) is 6.29 Å². The van der Waals surface area contributed by atoms with E-state index >= 15 is 0 Å². The summed E-state index contributed by atoms with van der Waals surface area (Å²) >= 11 is 0. The molecule has 1 aliphatic rings. The van der Waals surface area contributed by atoms with Crippen LogP contribution in [-0.4, -0.2) is 177 Å². The van der Waals surface area contributed by atoms with E-state index in [2.05, 4.69) is 6.58 Å². The number of ether oxygens (including phenoxy) is 14. The number of rotatable bonds is 38. The number of carbonyl (C=O) groups is 1. The Morgan fingerprint density at radius 3 is 1.04 bits per heavy atom. The lowest BCUT2D eigenvalue weighted by molar-refractivity contribution is -0.169. The summed E-state index contributed by atoms with van der Waals surface area (Å²) in [6.07, 6.45) is 3.18. The lowest BCUT2D eigenvalue weighted by Crippen LogP contribution is -2.24. The molecule has 1 saturated heterocycles. The Labute approximate surface area is 286 Å². The van der Waals surface area contributed by atoms with Crippen molar-refractivity contribution in [1.82, 2.24) is 0 Å². The van der Waals surface area contributed by atoms with Crippen LogP contribution in [0.3, 0.4) is 0 Å². The molecule has 0 amide bonds. The highest BCUT2D eigenvalue weighted by Gasteiger charge is 2.13. The zero-order chi connectivity index (χ0) is 34.4. The maximum atomic E-state index is 11.2. The van der Waals surface area contributed by atoms with Gasteiger partial charge in [-0.3, -0.25) is 0 Å². The molecule has 48 heavy (non-hydrogen) atoms. The second kappa shape index (κ2) is 37.0. The Morgan fingerprint density at radius 2 is 0.771 bits per heavy atom. The van der Waals surface area contributed by atoms with E-state index in [4.69, 9.17) is 66.3 Å². The highest BCUT2D eigenvalue weighted by Crippen LogP contribution is 2.13. The fraction of sp³-hybridized carbons (Fsp3) is 0.909. The average molecular weight is 699 g/mol. The lowest BCUT2D eigenvalue weighted by atomic mass is 10.2. The summed E-state index contributed by atoms with van der Waals surface area (Å²) in [7, 11) is 0. The number of hydrogen-bond donors (Lipinski definition) is 0. The van der Waals surface area contributed by atoms with Crippen molar-refractivity contribution in [3.63, 3.8) is 0 Å². The molecule has 0 radical (unpaired) electrons. The summed E-state index contributed by atoms with van der Waals surface area (Å²) in [5.74, 6) is -0.413. The van der Waals surface area contributed by atoms with E-state index in [1.54, 1.807) is 6.92 Å². The quantitative estimate of drug-likeness (QED) is 0.0525. The molecule has 0 bridgehead atoms. The predicted molar refractivity (Wildman–Crippen MR) is 174 cm³/mol. The van der Waals surface area contributed by atoms with Gasteiger partial charge in [-0.2, -0.15) is 0 Å². The summed E-state index contributed by atoms with van der Waals surface area (Å²) in [6, 6.07) is 0. The van der Waals surface area contributed by atoms with E-state index in [1.807, 2.05) is 0 Å².